The fraction of sp³-hybridized carbons (Fsp3) is 0.111. The standard InChI is InChI=1S/C18H17N7/c1-2-4-15-14(3-1)13(11-22-15)5-9-20-18-21-10-7-17(25-18)24-16-6-8-19-12-23-16/h1-4,6-8,10-12,22H,5,9H2,(H2,19,20,21,23,24,25). The number of aromatic amines is 1. The molecule has 0 radical (unpaired) electrons. The summed E-state index contributed by atoms with van der Waals surface area (Å²) in [6.45, 7) is 0.749. The summed E-state index contributed by atoms with van der Waals surface area (Å²) in [4.78, 5) is 20.0. The Hall–Kier alpha value is -3.48. The van der Waals surface area contributed by atoms with Crippen LogP contribution in [-0.2, 0) is 6.42 Å². The molecule has 0 bridgehead atoms. The number of anilines is 3. The summed E-state index contributed by atoms with van der Waals surface area (Å²) in [6, 6.07) is 11.9. The molecule has 0 aliphatic carbocycles. The van der Waals surface area contributed by atoms with Gasteiger partial charge in [0.1, 0.15) is 18.0 Å². The summed E-state index contributed by atoms with van der Waals surface area (Å²) in [7, 11) is 0. The van der Waals surface area contributed by atoms with Crippen LogP contribution in [0.1, 0.15) is 5.56 Å². The summed E-state index contributed by atoms with van der Waals surface area (Å²) in [6.07, 6.45) is 7.82. The average molecular weight is 331 g/mol. The highest BCUT2D eigenvalue weighted by Gasteiger charge is 2.04. The number of hydrogen-bond donors (Lipinski definition) is 3. The number of rotatable bonds is 6. The lowest BCUT2D eigenvalue weighted by molar-refractivity contribution is 0.990. The first kappa shape index (κ1) is 15.1. The zero-order valence-electron chi connectivity index (χ0n) is 13.5. The monoisotopic (exact) mass is 331 g/mol. The first-order valence-corrected chi connectivity index (χ1v) is 8.03. The Morgan fingerprint density at radius 3 is 2.80 bits per heavy atom. The van der Waals surface area contributed by atoms with Crippen LogP contribution in [0.25, 0.3) is 10.9 Å². The van der Waals surface area contributed by atoms with Crippen molar-refractivity contribution in [1.82, 2.24) is 24.9 Å². The highest BCUT2D eigenvalue weighted by atomic mass is 15.2. The zero-order chi connectivity index (χ0) is 16.9. The molecular formula is C18H17N7. The van der Waals surface area contributed by atoms with Crippen LogP contribution < -0.4 is 10.6 Å². The summed E-state index contributed by atoms with van der Waals surface area (Å²) >= 11 is 0. The van der Waals surface area contributed by atoms with E-state index in [1.54, 1.807) is 24.5 Å². The first-order valence-electron chi connectivity index (χ1n) is 8.03. The third-order valence-electron chi connectivity index (χ3n) is 3.85. The Bertz CT molecular complexity index is 965. The maximum atomic E-state index is 4.45. The van der Waals surface area contributed by atoms with Crippen molar-refractivity contribution in [3.8, 4) is 0 Å². The minimum atomic E-state index is 0.582. The van der Waals surface area contributed by atoms with Crippen LogP contribution >= 0.6 is 0 Å². The van der Waals surface area contributed by atoms with Gasteiger partial charge in [-0.1, -0.05) is 18.2 Å². The van der Waals surface area contributed by atoms with Gasteiger partial charge in [0.25, 0.3) is 0 Å². The van der Waals surface area contributed by atoms with E-state index in [-0.39, 0.29) is 0 Å². The van der Waals surface area contributed by atoms with E-state index in [9.17, 15) is 0 Å². The second kappa shape index (κ2) is 6.96. The lowest BCUT2D eigenvalue weighted by Crippen LogP contribution is -2.08. The van der Waals surface area contributed by atoms with Crippen LogP contribution in [0.15, 0.2) is 61.3 Å². The van der Waals surface area contributed by atoms with Gasteiger partial charge in [-0.15, -0.1) is 0 Å². The predicted molar refractivity (Wildman–Crippen MR) is 97.8 cm³/mol. The molecule has 0 unspecified atom stereocenters. The molecule has 25 heavy (non-hydrogen) atoms. The molecular weight excluding hydrogens is 314 g/mol. The largest absolute Gasteiger partial charge is 0.361 e. The summed E-state index contributed by atoms with van der Waals surface area (Å²) in [5.41, 5.74) is 2.43. The van der Waals surface area contributed by atoms with E-state index in [0.29, 0.717) is 17.6 Å². The van der Waals surface area contributed by atoms with E-state index in [2.05, 4.69) is 59.9 Å². The van der Waals surface area contributed by atoms with Gasteiger partial charge in [0.2, 0.25) is 5.95 Å². The van der Waals surface area contributed by atoms with Crippen molar-refractivity contribution < 1.29 is 0 Å². The van der Waals surface area contributed by atoms with Crippen LogP contribution in [0, 0.1) is 0 Å². The highest BCUT2D eigenvalue weighted by molar-refractivity contribution is 5.83. The van der Waals surface area contributed by atoms with E-state index in [4.69, 9.17) is 0 Å². The van der Waals surface area contributed by atoms with E-state index in [1.165, 1.54) is 17.3 Å². The van der Waals surface area contributed by atoms with Crippen molar-refractivity contribution in [3.63, 3.8) is 0 Å². The Balaban J connectivity index is 1.39. The number of fused-ring (bicyclic) bond motifs is 1. The molecule has 124 valence electrons. The molecule has 7 heteroatoms. The number of aromatic nitrogens is 5. The van der Waals surface area contributed by atoms with Crippen LogP contribution in [0.3, 0.4) is 0 Å². The van der Waals surface area contributed by atoms with Gasteiger partial charge < -0.3 is 15.6 Å². The number of nitrogens with zero attached hydrogens (tertiary/aromatic N) is 4. The van der Waals surface area contributed by atoms with Crippen molar-refractivity contribution >= 4 is 28.5 Å². The number of nitrogens with one attached hydrogen (secondary N) is 3. The molecule has 0 fully saturated rings. The molecule has 3 heterocycles. The molecule has 1 aromatic carbocycles. The Morgan fingerprint density at radius 1 is 0.960 bits per heavy atom. The summed E-state index contributed by atoms with van der Waals surface area (Å²) in [5.74, 6) is 1.96. The van der Waals surface area contributed by atoms with Gasteiger partial charge in [-0.3, -0.25) is 0 Å². The smallest absolute Gasteiger partial charge is 0.224 e. The number of H-pyrrole nitrogens is 1. The van der Waals surface area contributed by atoms with Gasteiger partial charge in [0.15, 0.2) is 0 Å². The second-order valence-corrected chi connectivity index (χ2v) is 5.52. The van der Waals surface area contributed by atoms with Gasteiger partial charge in [-0.2, -0.15) is 4.98 Å². The van der Waals surface area contributed by atoms with Crippen molar-refractivity contribution in [2.45, 2.75) is 6.42 Å². The van der Waals surface area contributed by atoms with Gasteiger partial charge >= 0.3 is 0 Å². The normalized spacial score (nSPS) is 10.7. The van der Waals surface area contributed by atoms with E-state index < -0.39 is 0 Å². The van der Waals surface area contributed by atoms with Crippen molar-refractivity contribution in [1.29, 1.82) is 0 Å². The molecule has 4 rings (SSSR count). The topological polar surface area (TPSA) is 91.4 Å². The maximum absolute atomic E-state index is 4.45. The van der Waals surface area contributed by atoms with Crippen LogP contribution in [0.2, 0.25) is 0 Å². The van der Waals surface area contributed by atoms with Gasteiger partial charge in [0.05, 0.1) is 0 Å². The van der Waals surface area contributed by atoms with E-state index >= 15 is 0 Å². The van der Waals surface area contributed by atoms with Gasteiger partial charge in [-0.25, -0.2) is 15.0 Å². The molecule has 0 spiro atoms. The lowest BCUT2D eigenvalue weighted by atomic mass is 10.1. The van der Waals surface area contributed by atoms with Crippen molar-refractivity contribution in [3.05, 3.63) is 66.9 Å². The molecule has 0 amide bonds. The molecule has 0 saturated carbocycles. The Labute approximate surface area is 144 Å². The SMILES string of the molecule is c1ccc2c(CCNc3nccc(Nc4ccncn4)n3)c[nH]c2c1. The van der Waals surface area contributed by atoms with Crippen molar-refractivity contribution in [2.75, 3.05) is 17.2 Å². The fourth-order valence-corrected chi connectivity index (χ4v) is 2.66. The zero-order valence-corrected chi connectivity index (χ0v) is 13.5. The van der Waals surface area contributed by atoms with Crippen LogP contribution in [-0.4, -0.2) is 31.5 Å². The Kier molecular flexibility index (Phi) is 4.20. The molecule has 4 aromatic rings. The minimum Gasteiger partial charge on any atom is -0.361 e. The van der Waals surface area contributed by atoms with Crippen molar-refractivity contribution in [2.24, 2.45) is 0 Å². The number of benzene rings is 1. The van der Waals surface area contributed by atoms with E-state index in [1.807, 2.05) is 6.07 Å². The number of hydrogen-bond acceptors (Lipinski definition) is 6. The summed E-state index contributed by atoms with van der Waals surface area (Å²) < 4.78 is 0. The average Bonchev–Trinajstić information content (AvgIpc) is 3.06. The summed E-state index contributed by atoms with van der Waals surface area (Å²) in [5, 5.41) is 7.64. The molecule has 0 atom stereocenters. The molecule has 0 aliphatic rings. The lowest BCUT2D eigenvalue weighted by Gasteiger charge is -2.07. The molecule has 0 saturated heterocycles. The van der Waals surface area contributed by atoms with Gasteiger partial charge in [0, 0.05) is 36.0 Å². The van der Waals surface area contributed by atoms with Crippen LogP contribution in [0.5, 0.6) is 0 Å². The second-order valence-electron chi connectivity index (χ2n) is 5.52. The molecule has 7 nitrogen and oxygen atoms in total. The maximum Gasteiger partial charge on any atom is 0.224 e. The van der Waals surface area contributed by atoms with Gasteiger partial charge in [-0.05, 0) is 30.2 Å². The highest BCUT2D eigenvalue weighted by Crippen LogP contribution is 2.18. The number of para-hydroxylation sites is 1. The molecule has 3 N–H and O–H groups in total. The van der Waals surface area contributed by atoms with Crippen LogP contribution in [0.4, 0.5) is 17.6 Å². The van der Waals surface area contributed by atoms with E-state index in [0.717, 1.165) is 18.5 Å². The third-order valence-corrected chi connectivity index (χ3v) is 3.85. The Morgan fingerprint density at radius 2 is 1.88 bits per heavy atom. The fourth-order valence-electron chi connectivity index (χ4n) is 2.66. The third kappa shape index (κ3) is 3.55. The minimum absolute atomic E-state index is 0.582. The predicted octanol–water partition coefficient (Wildman–Crippen LogP) is 3.15. The molecule has 3 aromatic heterocycles. The first-order chi connectivity index (χ1) is 12.4. The quantitative estimate of drug-likeness (QED) is 0.503. The molecule has 0 aliphatic heterocycles.